The molecule has 4 rings (SSSR count). The van der Waals surface area contributed by atoms with Crippen LogP contribution in [0.2, 0.25) is 0 Å². The third-order valence-electron chi connectivity index (χ3n) is 6.16. The number of hydrogen-bond acceptors (Lipinski definition) is 6. The number of benzene rings is 1. The van der Waals surface area contributed by atoms with Crippen molar-refractivity contribution in [1.29, 1.82) is 0 Å². The van der Waals surface area contributed by atoms with E-state index in [0.717, 1.165) is 16.8 Å². The van der Waals surface area contributed by atoms with Gasteiger partial charge < -0.3 is 23.9 Å². The van der Waals surface area contributed by atoms with Gasteiger partial charge in [-0.2, -0.15) is 0 Å². The molecule has 0 aliphatic carbocycles. The summed E-state index contributed by atoms with van der Waals surface area (Å²) in [4.78, 5) is 41.8. The molecule has 0 unspecified atom stereocenters. The first-order chi connectivity index (χ1) is 16.8. The van der Waals surface area contributed by atoms with Crippen molar-refractivity contribution in [3.05, 3.63) is 81.7 Å². The summed E-state index contributed by atoms with van der Waals surface area (Å²) in [5, 5.41) is 2.97. The Bertz CT molecular complexity index is 1260. The molecule has 1 N–H and O–H groups in total. The van der Waals surface area contributed by atoms with Crippen LogP contribution in [-0.2, 0) is 17.9 Å². The molecule has 0 atom stereocenters. The van der Waals surface area contributed by atoms with E-state index in [-0.39, 0.29) is 29.5 Å². The zero-order valence-corrected chi connectivity index (χ0v) is 20.2. The van der Waals surface area contributed by atoms with E-state index in [1.165, 1.54) is 19.4 Å². The maximum absolute atomic E-state index is 12.9. The number of ether oxygens (including phenoxy) is 1. The molecule has 9 heteroatoms. The fraction of sp³-hybridized carbons (Fsp3) is 0.346. The second kappa shape index (κ2) is 10.6. The van der Waals surface area contributed by atoms with E-state index in [2.05, 4.69) is 10.2 Å². The summed E-state index contributed by atoms with van der Waals surface area (Å²) in [5.41, 5.74) is 3.27. The third-order valence-corrected chi connectivity index (χ3v) is 6.16. The topological polar surface area (TPSA) is 97.0 Å². The first-order valence-corrected chi connectivity index (χ1v) is 11.5. The Morgan fingerprint density at radius 3 is 2.54 bits per heavy atom. The Morgan fingerprint density at radius 1 is 1.09 bits per heavy atom. The highest BCUT2D eigenvalue weighted by Gasteiger charge is 2.24. The van der Waals surface area contributed by atoms with Gasteiger partial charge in [-0.25, -0.2) is 0 Å². The molecule has 1 saturated heterocycles. The number of pyridine rings is 1. The highest BCUT2D eigenvalue weighted by Crippen LogP contribution is 2.17. The van der Waals surface area contributed by atoms with Gasteiger partial charge in [0.25, 0.3) is 5.91 Å². The number of amides is 2. The lowest BCUT2D eigenvalue weighted by atomic mass is 10.1. The van der Waals surface area contributed by atoms with Crippen molar-refractivity contribution in [1.82, 2.24) is 14.4 Å². The lowest BCUT2D eigenvalue weighted by molar-refractivity contribution is -0.116. The number of nitrogens with zero attached hydrogens (tertiary/aromatic N) is 3. The number of piperazine rings is 1. The minimum Gasteiger partial charge on any atom is -0.491 e. The van der Waals surface area contributed by atoms with E-state index < -0.39 is 0 Å². The Labute approximate surface area is 203 Å². The summed E-state index contributed by atoms with van der Waals surface area (Å²) in [6.07, 6.45) is 3.07. The summed E-state index contributed by atoms with van der Waals surface area (Å²) < 4.78 is 12.2. The normalized spacial score (nSPS) is 14.1. The molecule has 1 aliphatic rings. The molecule has 1 aromatic carbocycles. The van der Waals surface area contributed by atoms with Gasteiger partial charge in [-0.3, -0.25) is 19.3 Å². The number of aromatic nitrogens is 1. The van der Waals surface area contributed by atoms with Gasteiger partial charge in [-0.1, -0.05) is 12.1 Å². The number of anilines is 1. The first-order valence-electron chi connectivity index (χ1n) is 11.5. The number of carbonyl (C=O) groups excluding carboxylic acids is 2. The van der Waals surface area contributed by atoms with Crippen molar-refractivity contribution >= 4 is 17.5 Å². The standard InChI is InChI=1S/C26H30N4O5/c1-18-6-7-19(2)21(13-18)27-25(32)17-30-16-24(34-3)22(31)14-20(30)15-28-8-10-29(11-9-28)26(33)23-5-4-12-35-23/h4-7,12-14,16H,8-11,15,17H2,1-3H3,(H,27,32). The lowest BCUT2D eigenvalue weighted by Gasteiger charge is -2.34. The van der Waals surface area contributed by atoms with Gasteiger partial charge in [0.05, 0.1) is 19.6 Å². The quantitative estimate of drug-likeness (QED) is 0.561. The molecule has 184 valence electrons. The van der Waals surface area contributed by atoms with Crippen molar-refractivity contribution in [3.63, 3.8) is 0 Å². The number of furan rings is 1. The van der Waals surface area contributed by atoms with E-state index in [9.17, 15) is 14.4 Å². The van der Waals surface area contributed by atoms with Gasteiger partial charge in [0.15, 0.2) is 11.5 Å². The number of aryl methyl sites for hydroxylation is 2. The second-order valence-corrected chi connectivity index (χ2v) is 8.74. The summed E-state index contributed by atoms with van der Waals surface area (Å²) in [7, 11) is 1.44. The van der Waals surface area contributed by atoms with Crippen LogP contribution in [0.5, 0.6) is 5.75 Å². The molecule has 0 spiro atoms. The molecule has 3 heterocycles. The largest absolute Gasteiger partial charge is 0.491 e. The van der Waals surface area contributed by atoms with E-state index in [0.29, 0.717) is 44.2 Å². The van der Waals surface area contributed by atoms with Crippen molar-refractivity contribution in [3.8, 4) is 5.75 Å². The zero-order chi connectivity index (χ0) is 24.9. The Morgan fingerprint density at radius 2 is 1.86 bits per heavy atom. The van der Waals surface area contributed by atoms with Crippen molar-refractivity contribution in [2.75, 3.05) is 38.6 Å². The number of hydrogen-bond donors (Lipinski definition) is 1. The monoisotopic (exact) mass is 478 g/mol. The van der Waals surface area contributed by atoms with Crippen LogP contribution in [0.4, 0.5) is 5.69 Å². The van der Waals surface area contributed by atoms with Crippen molar-refractivity contribution in [2.24, 2.45) is 0 Å². The maximum atomic E-state index is 12.9. The second-order valence-electron chi connectivity index (χ2n) is 8.74. The molecule has 2 aromatic heterocycles. The average molecular weight is 479 g/mol. The molecule has 35 heavy (non-hydrogen) atoms. The van der Waals surface area contributed by atoms with Crippen LogP contribution >= 0.6 is 0 Å². The Kier molecular flexibility index (Phi) is 7.36. The SMILES string of the molecule is COc1cn(CC(=O)Nc2cc(C)ccc2C)c(CN2CCN(C(=O)c3ccco3)CC2)cc1=O. The number of nitrogens with one attached hydrogen (secondary N) is 1. The van der Waals surface area contributed by atoms with Gasteiger partial charge >= 0.3 is 0 Å². The van der Waals surface area contributed by atoms with Crippen LogP contribution in [-0.4, -0.2) is 59.5 Å². The Balaban J connectivity index is 1.45. The summed E-state index contributed by atoms with van der Waals surface area (Å²) in [6.45, 7) is 6.80. The molecule has 9 nitrogen and oxygen atoms in total. The van der Waals surface area contributed by atoms with Gasteiger partial charge in [-0.05, 0) is 43.2 Å². The van der Waals surface area contributed by atoms with Gasteiger partial charge in [0, 0.05) is 50.2 Å². The molecular formula is C26H30N4O5. The highest BCUT2D eigenvalue weighted by molar-refractivity contribution is 5.92. The van der Waals surface area contributed by atoms with Crippen LogP contribution in [0.3, 0.4) is 0 Å². The zero-order valence-electron chi connectivity index (χ0n) is 20.2. The molecular weight excluding hydrogens is 448 g/mol. The molecule has 1 fully saturated rings. The number of methoxy groups -OCH3 is 1. The first kappa shape index (κ1) is 24.3. The van der Waals surface area contributed by atoms with Crippen molar-refractivity contribution in [2.45, 2.75) is 26.9 Å². The Hall–Kier alpha value is -3.85. The van der Waals surface area contributed by atoms with Crippen LogP contribution < -0.4 is 15.5 Å². The summed E-state index contributed by atoms with van der Waals surface area (Å²) >= 11 is 0. The molecule has 0 radical (unpaired) electrons. The molecule has 0 saturated carbocycles. The van der Waals surface area contributed by atoms with Crippen molar-refractivity contribution < 1.29 is 18.7 Å². The highest BCUT2D eigenvalue weighted by atomic mass is 16.5. The summed E-state index contributed by atoms with van der Waals surface area (Å²) in [6, 6.07) is 10.8. The molecule has 2 amide bonds. The van der Waals surface area contributed by atoms with Crippen LogP contribution in [0.15, 0.2) is 58.1 Å². The minimum atomic E-state index is -0.236. The predicted octanol–water partition coefficient (Wildman–Crippen LogP) is 2.66. The van der Waals surface area contributed by atoms with E-state index in [1.54, 1.807) is 27.8 Å². The maximum Gasteiger partial charge on any atom is 0.289 e. The molecule has 3 aromatic rings. The predicted molar refractivity (Wildman–Crippen MR) is 132 cm³/mol. The van der Waals surface area contributed by atoms with E-state index in [1.807, 2.05) is 32.0 Å². The van der Waals surface area contributed by atoms with Gasteiger partial charge in [-0.15, -0.1) is 0 Å². The van der Waals surface area contributed by atoms with E-state index in [4.69, 9.17) is 9.15 Å². The fourth-order valence-electron chi connectivity index (χ4n) is 4.14. The molecule has 0 bridgehead atoms. The fourth-order valence-corrected chi connectivity index (χ4v) is 4.14. The van der Waals surface area contributed by atoms with E-state index >= 15 is 0 Å². The van der Waals surface area contributed by atoms with Gasteiger partial charge in [0.2, 0.25) is 11.3 Å². The van der Waals surface area contributed by atoms with Crippen LogP contribution in [0.25, 0.3) is 0 Å². The lowest BCUT2D eigenvalue weighted by Crippen LogP contribution is -2.48. The summed E-state index contributed by atoms with van der Waals surface area (Å²) in [5.74, 6) is 0.193. The van der Waals surface area contributed by atoms with Crippen LogP contribution in [0.1, 0.15) is 27.4 Å². The third kappa shape index (κ3) is 5.81. The average Bonchev–Trinajstić information content (AvgIpc) is 3.38. The smallest absolute Gasteiger partial charge is 0.289 e. The molecule has 1 aliphatic heterocycles. The number of rotatable bonds is 7. The van der Waals surface area contributed by atoms with Gasteiger partial charge in [0.1, 0.15) is 6.54 Å². The minimum absolute atomic E-state index is 0.0380. The van der Waals surface area contributed by atoms with Crippen LogP contribution in [0, 0.1) is 13.8 Å². The number of carbonyl (C=O) groups is 2.